The summed E-state index contributed by atoms with van der Waals surface area (Å²) in [6.45, 7) is 3.04. The van der Waals surface area contributed by atoms with E-state index in [0.717, 1.165) is 12.1 Å². The maximum absolute atomic E-state index is 13.4. The van der Waals surface area contributed by atoms with Gasteiger partial charge < -0.3 is 5.11 Å². The summed E-state index contributed by atoms with van der Waals surface area (Å²) in [5.41, 5.74) is -0.598. The molecule has 17 heavy (non-hydrogen) atoms. The summed E-state index contributed by atoms with van der Waals surface area (Å²) in [6, 6.07) is 2.03. The van der Waals surface area contributed by atoms with E-state index < -0.39 is 27.2 Å². The van der Waals surface area contributed by atoms with Crippen LogP contribution >= 0.6 is 0 Å². The third-order valence-electron chi connectivity index (χ3n) is 2.29. The Bertz CT molecular complexity index is 549. The molecule has 0 saturated heterocycles. The quantitative estimate of drug-likeness (QED) is 0.841. The van der Waals surface area contributed by atoms with Gasteiger partial charge >= 0.3 is 5.97 Å². The Morgan fingerprint density at radius 1 is 1.41 bits per heavy atom. The second-order valence-corrected chi connectivity index (χ2v) is 5.83. The number of hydrogen-bond donors (Lipinski definition) is 1. The van der Waals surface area contributed by atoms with Crippen LogP contribution in [0.2, 0.25) is 0 Å². The summed E-state index contributed by atoms with van der Waals surface area (Å²) in [7, 11) is -3.54. The van der Waals surface area contributed by atoms with Crippen LogP contribution in [0.3, 0.4) is 0 Å². The summed E-state index contributed by atoms with van der Waals surface area (Å²) >= 11 is 0. The molecule has 0 spiro atoms. The van der Waals surface area contributed by atoms with Crippen molar-refractivity contribution in [3.05, 3.63) is 29.1 Å². The highest BCUT2D eigenvalue weighted by Crippen LogP contribution is 2.20. The van der Waals surface area contributed by atoms with Gasteiger partial charge in [0.25, 0.3) is 0 Å². The van der Waals surface area contributed by atoms with Crippen molar-refractivity contribution < 1.29 is 22.7 Å². The van der Waals surface area contributed by atoms with Crippen molar-refractivity contribution >= 4 is 15.8 Å². The summed E-state index contributed by atoms with van der Waals surface area (Å²) in [5, 5.41) is 8.78. The van der Waals surface area contributed by atoms with Gasteiger partial charge in [0.2, 0.25) is 0 Å². The van der Waals surface area contributed by atoms with Gasteiger partial charge in [0.1, 0.15) is 5.82 Å². The molecule has 0 aliphatic rings. The minimum absolute atomic E-state index is 0.0135. The number of carbonyl (C=O) groups is 1. The van der Waals surface area contributed by atoms with E-state index in [9.17, 15) is 17.6 Å². The molecular weight excluding hydrogens is 247 g/mol. The summed E-state index contributed by atoms with van der Waals surface area (Å²) in [6.07, 6.45) is 0.418. The van der Waals surface area contributed by atoms with Crippen LogP contribution in [0.25, 0.3) is 0 Å². The molecule has 0 saturated carbocycles. The predicted octanol–water partition coefficient (Wildman–Crippen LogP) is 2.02. The Labute approximate surface area is 99.0 Å². The van der Waals surface area contributed by atoms with Crippen LogP contribution in [0.15, 0.2) is 17.0 Å². The number of halogens is 1. The number of hydrogen-bond acceptors (Lipinski definition) is 3. The van der Waals surface area contributed by atoms with Gasteiger partial charge in [-0.3, -0.25) is 0 Å². The first-order valence-corrected chi connectivity index (χ1v) is 6.71. The Kier molecular flexibility index (Phi) is 3.87. The molecule has 1 N–H and O–H groups in total. The van der Waals surface area contributed by atoms with E-state index in [1.807, 2.05) is 0 Å². The van der Waals surface area contributed by atoms with Crippen molar-refractivity contribution in [2.75, 3.05) is 5.75 Å². The number of aryl methyl sites for hydroxylation is 1. The summed E-state index contributed by atoms with van der Waals surface area (Å²) in [4.78, 5) is 10.6. The number of aromatic carboxylic acids is 1. The first-order chi connectivity index (χ1) is 7.79. The number of benzene rings is 1. The second-order valence-electron chi connectivity index (χ2n) is 3.73. The molecule has 0 bridgehead atoms. The maximum atomic E-state index is 13.4. The Morgan fingerprint density at radius 2 is 2.00 bits per heavy atom. The molecule has 1 aromatic carbocycles. The average Bonchev–Trinajstić information content (AvgIpc) is 2.21. The van der Waals surface area contributed by atoms with Crippen molar-refractivity contribution in [3.63, 3.8) is 0 Å². The van der Waals surface area contributed by atoms with Crippen LogP contribution in [-0.4, -0.2) is 25.2 Å². The number of carboxylic acids is 1. The van der Waals surface area contributed by atoms with E-state index in [2.05, 4.69) is 0 Å². The molecule has 0 radical (unpaired) electrons. The van der Waals surface area contributed by atoms with Gasteiger partial charge in [-0.25, -0.2) is 17.6 Å². The largest absolute Gasteiger partial charge is 0.478 e. The molecule has 1 rings (SSSR count). The number of carboxylic acid groups (broad SMARTS) is 1. The van der Waals surface area contributed by atoms with Crippen molar-refractivity contribution in [2.45, 2.75) is 25.2 Å². The summed E-state index contributed by atoms with van der Waals surface area (Å²) in [5.74, 6) is -2.45. The van der Waals surface area contributed by atoms with Gasteiger partial charge in [-0.05, 0) is 31.0 Å². The number of sulfone groups is 1. The molecule has 0 atom stereocenters. The van der Waals surface area contributed by atoms with E-state index in [-0.39, 0.29) is 16.2 Å². The predicted molar refractivity (Wildman–Crippen MR) is 60.4 cm³/mol. The van der Waals surface area contributed by atoms with Gasteiger partial charge in [-0.1, -0.05) is 6.92 Å². The Morgan fingerprint density at radius 3 is 2.47 bits per heavy atom. The highest BCUT2D eigenvalue weighted by atomic mass is 32.2. The fourth-order valence-electron chi connectivity index (χ4n) is 1.46. The van der Waals surface area contributed by atoms with Crippen molar-refractivity contribution in [1.82, 2.24) is 0 Å². The van der Waals surface area contributed by atoms with E-state index >= 15 is 0 Å². The average molecular weight is 260 g/mol. The van der Waals surface area contributed by atoms with E-state index in [4.69, 9.17) is 5.11 Å². The van der Waals surface area contributed by atoms with Crippen LogP contribution < -0.4 is 0 Å². The van der Waals surface area contributed by atoms with Crippen LogP contribution in [0.5, 0.6) is 0 Å². The molecule has 0 unspecified atom stereocenters. The van der Waals surface area contributed by atoms with Crippen LogP contribution in [0.4, 0.5) is 4.39 Å². The third-order valence-corrected chi connectivity index (χ3v) is 4.19. The van der Waals surface area contributed by atoms with E-state index in [1.54, 1.807) is 6.92 Å². The van der Waals surface area contributed by atoms with Gasteiger partial charge in [0.15, 0.2) is 9.84 Å². The lowest BCUT2D eigenvalue weighted by Gasteiger charge is -2.07. The van der Waals surface area contributed by atoms with Crippen LogP contribution in [-0.2, 0) is 9.84 Å². The molecule has 0 aliphatic carbocycles. The zero-order valence-corrected chi connectivity index (χ0v) is 10.3. The first-order valence-electron chi connectivity index (χ1n) is 5.05. The van der Waals surface area contributed by atoms with Gasteiger partial charge in [-0.2, -0.15) is 0 Å². The van der Waals surface area contributed by atoms with Crippen LogP contribution in [0, 0.1) is 12.7 Å². The highest BCUT2D eigenvalue weighted by molar-refractivity contribution is 7.91. The Hall–Kier alpha value is -1.43. The zero-order chi connectivity index (χ0) is 13.2. The molecule has 6 heteroatoms. The first kappa shape index (κ1) is 13.6. The molecule has 0 aliphatic heterocycles. The van der Waals surface area contributed by atoms with Crippen molar-refractivity contribution in [1.29, 1.82) is 0 Å². The lowest BCUT2D eigenvalue weighted by Crippen LogP contribution is -2.10. The SMILES string of the molecule is CCCS(=O)(=O)c1cc(C)c(F)c(C(=O)O)c1. The van der Waals surface area contributed by atoms with Crippen LogP contribution in [0.1, 0.15) is 29.3 Å². The highest BCUT2D eigenvalue weighted by Gasteiger charge is 2.20. The van der Waals surface area contributed by atoms with Gasteiger partial charge in [0.05, 0.1) is 16.2 Å². The normalized spacial score (nSPS) is 11.5. The van der Waals surface area contributed by atoms with E-state index in [1.165, 1.54) is 6.92 Å². The molecule has 1 aromatic rings. The lowest BCUT2D eigenvalue weighted by molar-refractivity contribution is 0.0691. The minimum atomic E-state index is -3.54. The molecule has 0 amide bonds. The topological polar surface area (TPSA) is 71.4 Å². The fraction of sp³-hybridized carbons (Fsp3) is 0.364. The molecule has 0 fully saturated rings. The number of rotatable bonds is 4. The van der Waals surface area contributed by atoms with E-state index in [0.29, 0.717) is 6.42 Å². The van der Waals surface area contributed by atoms with Crippen molar-refractivity contribution in [2.24, 2.45) is 0 Å². The molecule has 0 aromatic heterocycles. The second kappa shape index (κ2) is 4.83. The fourth-order valence-corrected chi connectivity index (χ4v) is 2.89. The molecular formula is C11H13FO4S. The monoisotopic (exact) mass is 260 g/mol. The molecule has 4 nitrogen and oxygen atoms in total. The zero-order valence-electron chi connectivity index (χ0n) is 9.53. The molecule has 0 heterocycles. The van der Waals surface area contributed by atoms with Gasteiger partial charge in [-0.15, -0.1) is 0 Å². The maximum Gasteiger partial charge on any atom is 0.338 e. The smallest absolute Gasteiger partial charge is 0.338 e. The standard InChI is InChI=1S/C11H13FO4S/c1-3-4-17(15,16)8-5-7(2)10(12)9(6-8)11(13)14/h5-6H,3-4H2,1-2H3,(H,13,14). The van der Waals surface area contributed by atoms with Crippen molar-refractivity contribution in [3.8, 4) is 0 Å². The third kappa shape index (κ3) is 2.82. The minimum Gasteiger partial charge on any atom is -0.478 e. The lowest BCUT2D eigenvalue weighted by atomic mass is 10.1. The molecule has 94 valence electrons. The Balaban J connectivity index is 3.44. The summed E-state index contributed by atoms with van der Waals surface area (Å²) < 4.78 is 36.9. The van der Waals surface area contributed by atoms with Gasteiger partial charge in [0, 0.05) is 0 Å².